The quantitative estimate of drug-likeness (QED) is 0.628. The maximum atomic E-state index is 12.8. The largest absolute Gasteiger partial charge is 0.345 e. The summed E-state index contributed by atoms with van der Waals surface area (Å²) < 4.78 is 0. The topological polar surface area (TPSA) is 104 Å². The molecule has 2 aliphatic rings. The maximum absolute atomic E-state index is 12.8. The van der Waals surface area contributed by atoms with Gasteiger partial charge in [0.25, 0.3) is 0 Å². The van der Waals surface area contributed by atoms with Crippen LogP contribution in [-0.2, 0) is 19.2 Å². The molecule has 2 rings (SSSR count). The van der Waals surface area contributed by atoms with E-state index in [9.17, 15) is 19.2 Å². The van der Waals surface area contributed by atoms with E-state index >= 15 is 0 Å². The van der Waals surface area contributed by atoms with Gasteiger partial charge in [-0.15, -0.1) is 0 Å². The molecule has 0 aromatic carbocycles. The van der Waals surface area contributed by atoms with Crippen LogP contribution in [0.5, 0.6) is 0 Å². The lowest BCUT2D eigenvalue weighted by Gasteiger charge is -2.33. The van der Waals surface area contributed by atoms with E-state index in [1.54, 1.807) is 0 Å². The minimum absolute atomic E-state index is 0.119. The predicted octanol–water partition coefficient (Wildman–Crippen LogP) is 1.35. The summed E-state index contributed by atoms with van der Waals surface area (Å²) in [7, 11) is 0. The molecule has 0 bridgehead atoms. The fraction of sp³-hybridized carbons (Fsp3) is 0.810. The van der Waals surface area contributed by atoms with Crippen LogP contribution in [0.25, 0.3) is 0 Å². The summed E-state index contributed by atoms with van der Waals surface area (Å²) in [5, 5.41) is 8.78. The molecule has 4 atom stereocenters. The number of ketones is 1. The van der Waals surface area contributed by atoms with Crippen molar-refractivity contribution >= 4 is 23.9 Å². The lowest BCUT2D eigenvalue weighted by atomic mass is 9.78. The second-order valence-corrected chi connectivity index (χ2v) is 8.65. The maximum Gasteiger partial charge on any atom is 0.243 e. The van der Waals surface area contributed by atoms with Crippen LogP contribution < -0.4 is 16.0 Å². The highest BCUT2D eigenvalue weighted by Gasteiger charge is 2.34. The average molecular weight is 394 g/mol. The van der Waals surface area contributed by atoms with Crippen molar-refractivity contribution in [3.05, 3.63) is 0 Å². The summed E-state index contributed by atoms with van der Waals surface area (Å²) in [6, 6.07) is -1.36. The van der Waals surface area contributed by atoms with Crippen molar-refractivity contribution in [2.45, 2.75) is 77.3 Å². The fourth-order valence-electron chi connectivity index (χ4n) is 4.26. The van der Waals surface area contributed by atoms with Gasteiger partial charge in [-0.1, -0.05) is 33.1 Å². The van der Waals surface area contributed by atoms with Crippen molar-refractivity contribution in [2.75, 3.05) is 13.1 Å². The molecule has 0 spiro atoms. The molecule has 2 amide bonds. The summed E-state index contributed by atoms with van der Waals surface area (Å²) in [5.41, 5.74) is 0. The van der Waals surface area contributed by atoms with E-state index in [4.69, 9.17) is 0 Å². The number of rotatable bonds is 3. The Bertz CT molecular complexity index is 564. The second kappa shape index (κ2) is 11.3. The summed E-state index contributed by atoms with van der Waals surface area (Å²) in [6.45, 7) is 5.08. The minimum atomic E-state index is -0.709. The van der Waals surface area contributed by atoms with E-state index in [0.717, 1.165) is 44.9 Å². The van der Waals surface area contributed by atoms with E-state index in [-0.39, 0.29) is 35.4 Å². The number of piperidine rings is 1. The van der Waals surface area contributed by atoms with Gasteiger partial charge >= 0.3 is 0 Å². The first kappa shape index (κ1) is 22.5. The van der Waals surface area contributed by atoms with Gasteiger partial charge in [0.1, 0.15) is 18.1 Å². The molecule has 0 aromatic rings. The van der Waals surface area contributed by atoms with Crippen molar-refractivity contribution in [3.63, 3.8) is 0 Å². The number of nitrogens with one attached hydrogen (secondary N) is 3. The van der Waals surface area contributed by atoms with E-state index in [1.165, 1.54) is 0 Å². The third-order valence-electron chi connectivity index (χ3n) is 5.78. The molecule has 0 saturated carbocycles. The zero-order valence-corrected chi connectivity index (χ0v) is 17.2. The van der Waals surface area contributed by atoms with Gasteiger partial charge < -0.3 is 20.7 Å². The summed E-state index contributed by atoms with van der Waals surface area (Å²) in [6.07, 6.45) is 6.68. The molecule has 0 aliphatic carbocycles. The number of hydrogen-bond donors (Lipinski definition) is 3. The van der Waals surface area contributed by atoms with Crippen LogP contribution in [0, 0.1) is 17.8 Å². The lowest BCUT2D eigenvalue weighted by Crippen LogP contribution is -2.52. The Morgan fingerprint density at radius 1 is 1.07 bits per heavy atom. The molecule has 0 unspecified atom stereocenters. The number of hydrogen-bond acceptors (Lipinski definition) is 5. The van der Waals surface area contributed by atoms with Crippen LogP contribution in [0.15, 0.2) is 0 Å². The van der Waals surface area contributed by atoms with E-state index < -0.39 is 12.1 Å². The summed E-state index contributed by atoms with van der Waals surface area (Å²) in [4.78, 5) is 49.1. The predicted molar refractivity (Wildman–Crippen MR) is 107 cm³/mol. The number of carbonyl (C=O) groups excluding carboxylic acids is 4. The number of fused-ring (bicyclic) bond motifs is 1. The Morgan fingerprint density at radius 3 is 2.54 bits per heavy atom. The van der Waals surface area contributed by atoms with Crippen molar-refractivity contribution in [2.24, 2.45) is 17.8 Å². The zero-order chi connectivity index (χ0) is 20.5. The second-order valence-electron chi connectivity index (χ2n) is 8.65. The van der Waals surface area contributed by atoms with Crippen LogP contribution in [0.3, 0.4) is 0 Å². The molecule has 0 aromatic heterocycles. The molecular weight excluding hydrogens is 358 g/mol. The van der Waals surface area contributed by atoms with Gasteiger partial charge in [-0.25, -0.2) is 0 Å². The monoisotopic (exact) mass is 393 g/mol. The van der Waals surface area contributed by atoms with Crippen LogP contribution in [0.1, 0.15) is 65.2 Å². The molecule has 7 heteroatoms. The molecule has 7 nitrogen and oxygen atoms in total. The Balaban J connectivity index is 2.16. The Hall–Kier alpha value is -1.76. The number of amides is 2. The summed E-state index contributed by atoms with van der Waals surface area (Å²) in [5.74, 6) is -0.132. The lowest BCUT2D eigenvalue weighted by molar-refractivity contribution is -0.131. The van der Waals surface area contributed by atoms with Gasteiger partial charge in [-0.05, 0) is 44.1 Å². The van der Waals surface area contributed by atoms with Crippen LogP contribution in [-0.4, -0.2) is 49.1 Å². The number of Topliss-reactive ketones (excluding diaryl/α,β-unsaturated/α-hetero) is 1. The van der Waals surface area contributed by atoms with E-state index in [0.29, 0.717) is 25.8 Å². The first-order valence-electron chi connectivity index (χ1n) is 10.7. The van der Waals surface area contributed by atoms with Crippen molar-refractivity contribution < 1.29 is 19.2 Å². The number of aldehydes is 1. The fourth-order valence-corrected chi connectivity index (χ4v) is 4.26. The molecular formula is C21H35N3O4. The molecule has 3 N–H and O–H groups in total. The molecule has 2 aliphatic heterocycles. The van der Waals surface area contributed by atoms with Gasteiger partial charge in [0.05, 0.1) is 12.6 Å². The average Bonchev–Trinajstić information content (AvgIpc) is 2.64. The Labute approximate surface area is 167 Å². The van der Waals surface area contributed by atoms with Crippen molar-refractivity contribution in [1.29, 1.82) is 0 Å². The third kappa shape index (κ3) is 7.00. The molecule has 0 radical (unpaired) electrons. The Kier molecular flexibility index (Phi) is 9.09. The number of carbonyl (C=O) groups is 4. The Morgan fingerprint density at radius 2 is 1.82 bits per heavy atom. The summed E-state index contributed by atoms with van der Waals surface area (Å²) >= 11 is 0. The molecule has 2 fully saturated rings. The van der Waals surface area contributed by atoms with Crippen LogP contribution >= 0.6 is 0 Å². The van der Waals surface area contributed by atoms with Crippen LogP contribution in [0.2, 0.25) is 0 Å². The first-order valence-corrected chi connectivity index (χ1v) is 10.7. The normalized spacial score (nSPS) is 31.2. The smallest absolute Gasteiger partial charge is 0.243 e. The highest BCUT2D eigenvalue weighted by atomic mass is 16.2. The highest BCUT2D eigenvalue weighted by molar-refractivity contribution is 5.89. The van der Waals surface area contributed by atoms with Crippen LogP contribution in [0.4, 0.5) is 0 Å². The molecule has 28 heavy (non-hydrogen) atoms. The zero-order valence-electron chi connectivity index (χ0n) is 17.2. The van der Waals surface area contributed by atoms with Gasteiger partial charge in [-0.2, -0.15) is 0 Å². The molecule has 2 saturated heterocycles. The SMILES string of the molecule is CC(C)C[C@@H]1NC(=O)CCCCCC[C@H]2CNCC(=O)[C@@H]2C[C@@H](C=O)NC1=O. The minimum Gasteiger partial charge on any atom is -0.345 e. The molecule has 2 heterocycles. The van der Waals surface area contributed by atoms with E-state index in [1.807, 2.05) is 13.8 Å². The van der Waals surface area contributed by atoms with E-state index in [2.05, 4.69) is 16.0 Å². The highest BCUT2D eigenvalue weighted by Crippen LogP contribution is 2.27. The van der Waals surface area contributed by atoms with Gasteiger partial charge in [-0.3, -0.25) is 14.4 Å². The third-order valence-corrected chi connectivity index (χ3v) is 5.78. The van der Waals surface area contributed by atoms with Gasteiger partial charge in [0.15, 0.2) is 0 Å². The van der Waals surface area contributed by atoms with Gasteiger partial charge in [0.2, 0.25) is 11.8 Å². The van der Waals surface area contributed by atoms with Crippen molar-refractivity contribution in [1.82, 2.24) is 16.0 Å². The standard InChI is InChI=1S/C21H35N3O4/c1-14(2)9-18-21(28)23-16(13-25)10-17-15(11-22-12-19(17)26)7-5-3-4-6-8-20(27)24-18/h13-18,22H,3-12H2,1-2H3,(H,23,28)(H,24,27)/t15-,16-,17+,18-/m0/s1. The van der Waals surface area contributed by atoms with Gasteiger partial charge in [0, 0.05) is 12.3 Å². The first-order chi connectivity index (χ1) is 13.4. The molecule has 158 valence electrons. The van der Waals surface area contributed by atoms with Crippen molar-refractivity contribution in [3.8, 4) is 0 Å².